The summed E-state index contributed by atoms with van der Waals surface area (Å²) in [7, 11) is -1.13. The Morgan fingerprint density at radius 2 is 1.88 bits per heavy atom. The molecular weight excluding hydrogens is 260 g/mol. The summed E-state index contributed by atoms with van der Waals surface area (Å²) >= 11 is 5.60. The molecule has 0 aliphatic carbocycles. The van der Waals surface area contributed by atoms with Crippen LogP contribution >= 0.6 is 11.6 Å². The zero-order valence-electron chi connectivity index (χ0n) is 11.2. The Balaban J connectivity index is 3.81. The molecule has 0 bridgehead atoms. The van der Waals surface area contributed by atoms with Gasteiger partial charge in [-0.25, -0.2) is 13.1 Å². The van der Waals surface area contributed by atoms with E-state index in [0.29, 0.717) is 18.5 Å². The van der Waals surface area contributed by atoms with Crippen LogP contribution in [0, 0.1) is 5.92 Å². The Bertz CT molecular complexity index is 294. The predicted octanol–water partition coefficient (Wildman–Crippen LogP) is 1.51. The molecule has 6 heteroatoms. The topological polar surface area (TPSA) is 49.4 Å². The van der Waals surface area contributed by atoms with Gasteiger partial charge in [0, 0.05) is 18.5 Å². The molecule has 0 aromatic rings. The molecule has 0 saturated heterocycles. The van der Waals surface area contributed by atoms with Gasteiger partial charge in [0.1, 0.15) is 0 Å². The first kappa shape index (κ1) is 17.2. The molecule has 0 aromatic heterocycles. The molecular formula is C11H25ClN2O2S. The molecule has 0 spiro atoms. The highest BCUT2D eigenvalue weighted by Crippen LogP contribution is 2.02. The smallest absolute Gasteiger partial charge is 0.211 e. The Kier molecular flexibility index (Phi) is 8.37. The van der Waals surface area contributed by atoms with Gasteiger partial charge >= 0.3 is 0 Å². The van der Waals surface area contributed by atoms with Gasteiger partial charge in [0.25, 0.3) is 0 Å². The van der Waals surface area contributed by atoms with Gasteiger partial charge in [-0.1, -0.05) is 6.92 Å². The average Bonchev–Trinajstić information content (AvgIpc) is 2.23. The highest BCUT2D eigenvalue weighted by atomic mass is 35.5. The summed E-state index contributed by atoms with van der Waals surface area (Å²) in [5, 5.41) is 0. The molecule has 0 aliphatic rings. The van der Waals surface area contributed by atoms with E-state index in [4.69, 9.17) is 11.6 Å². The van der Waals surface area contributed by atoms with Crippen molar-refractivity contribution < 1.29 is 8.42 Å². The third kappa shape index (κ3) is 8.83. The van der Waals surface area contributed by atoms with E-state index >= 15 is 0 Å². The van der Waals surface area contributed by atoms with Gasteiger partial charge in [-0.2, -0.15) is 0 Å². The number of nitrogens with zero attached hydrogens (tertiary/aromatic N) is 1. The predicted molar refractivity (Wildman–Crippen MR) is 74.1 cm³/mol. The highest BCUT2D eigenvalue weighted by molar-refractivity contribution is 7.89. The van der Waals surface area contributed by atoms with Gasteiger partial charge in [-0.3, -0.25) is 0 Å². The van der Waals surface area contributed by atoms with Crippen molar-refractivity contribution in [1.82, 2.24) is 9.62 Å². The minimum absolute atomic E-state index is 0.00694. The molecule has 0 aromatic carbocycles. The maximum absolute atomic E-state index is 11.6. The molecule has 0 aliphatic heterocycles. The molecule has 0 rings (SSSR count). The van der Waals surface area contributed by atoms with Gasteiger partial charge < -0.3 is 4.90 Å². The van der Waals surface area contributed by atoms with Crippen molar-refractivity contribution in [1.29, 1.82) is 0 Å². The molecule has 1 atom stereocenters. The molecule has 4 nitrogen and oxygen atoms in total. The lowest BCUT2D eigenvalue weighted by Crippen LogP contribution is -2.33. The summed E-state index contributed by atoms with van der Waals surface area (Å²) in [5.41, 5.74) is 0. The zero-order chi connectivity index (χ0) is 13.5. The normalized spacial score (nSPS) is 14.5. The second-order valence-corrected chi connectivity index (χ2v) is 7.02. The molecule has 1 N–H and O–H groups in total. The molecule has 0 saturated carbocycles. The number of hydrogen-bond donors (Lipinski definition) is 1. The van der Waals surface area contributed by atoms with Crippen molar-refractivity contribution in [3.05, 3.63) is 0 Å². The van der Waals surface area contributed by atoms with E-state index in [-0.39, 0.29) is 11.7 Å². The number of hydrogen-bond acceptors (Lipinski definition) is 3. The fourth-order valence-electron chi connectivity index (χ4n) is 1.29. The maximum atomic E-state index is 11.6. The van der Waals surface area contributed by atoms with Crippen LogP contribution in [0.5, 0.6) is 0 Å². The highest BCUT2D eigenvalue weighted by Gasteiger charge is 2.14. The van der Waals surface area contributed by atoms with Gasteiger partial charge in [-0.15, -0.1) is 11.6 Å². The number of alkyl halides is 1. The minimum Gasteiger partial charge on any atom is -0.304 e. The Morgan fingerprint density at radius 3 is 2.35 bits per heavy atom. The lowest BCUT2D eigenvalue weighted by atomic mass is 10.3. The van der Waals surface area contributed by atoms with Crippen LogP contribution in [0.2, 0.25) is 0 Å². The molecule has 0 heterocycles. The van der Waals surface area contributed by atoms with Crippen molar-refractivity contribution in [2.24, 2.45) is 5.92 Å². The third-order valence-electron chi connectivity index (χ3n) is 2.66. The summed E-state index contributed by atoms with van der Waals surface area (Å²) in [6.07, 6.45) is 0.823. The van der Waals surface area contributed by atoms with Crippen molar-refractivity contribution in [2.75, 3.05) is 31.8 Å². The number of halogens is 1. The molecule has 0 amide bonds. The van der Waals surface area contributed by atoms with E-state index in [1.165, 1.54) is 0 Å². The standard InChI is InChI=1S/C11H25ClN2O2S/c1-10(2)14(4)7-5-6-13-17(15,16)9-11(3)8-12/h10-11,13H,5-9H2,1-4H3. The van der Waals surface area contributed by atoms with Crippen LogP contribution in [0.15, 0.2) is 0 Å². The lowest BCUT2D eigenvalue weighted by molar-refractivity contribution is 0.271. The second-order valence-electron chi connectivity index (χ2n) is 4.86. The first-order valence-corrected chi connectivity index (χ1v) is 8.20. The van der Waals surface area contributed by atoms with Gasteiger partial charge in [-0.05, 0) is 39.8 Å². The van der Waals surface area contributed by atoms with Crippen LogP contribution in [0.4, 0.5) is 0 Å². The summed E-state index contributed by atoms with van der Waals surface area (Å²) in [6.45, 7) is 7.46. The quantitative estimate of drug-likeness (QED) is 0.516. The molecule has 1 unspecified atom stereocenters. The van der Waals surface area contributed by atoms with Crippen LogP contribution in [0.1, 0.15) is 27.2 Å². The van der Waals surface area contributed by atoms with Crippen LogP contribution in [0.3, 0.4) is 0 Å². The molecule has 17 heavy (non-hydrogen) atoms. The van der Waals surface area contributed by atoms with Gasteiger partial charge in [0.15, 0.2) is 0 Å². The van der Waals surface area contributed by atoms with E-state index in [9.17, 15) is 8.42 Å². The largest absolute Gasteiger partial charge is 0.304 e. The van der Waals surface area contributed by atoms with Crippen molar-refractivity contribution in [3.8, 4) is 0 Å². The average molecular weight is 285 g/mol. The molecule has 104 valence electrons. The summed E-state index contributed by atoms with van der Waals surface area (Å²) in [4.78, 5) is 2.19. The van der Waals surface area contributed by atoms with Crippen molar-refractivity contribution in [3.63, 3.8) is 0 Å². The van der Waals surface area contributed by atoms with E-state index in [2.05, 4.69) is 23.5 Å². The van der Waals surface area contributed by atoms with Crippen LogP contribution in [0.25, 0.3) is 0 Å². The fraction of sp³-hybridized carbons (Fsp3) is 1.00. The van der Waals surface area contributed by atoms with E-state index in [1.54, 1.807) is 0 Å². The summed E-state index contributed by atoms with van der Waals surface area (Å²) in [5.74, 6) is 0.473. The van der Waals surface area contributed by atoms with Gasteiger partial charge in [0.2, 0.25) is 10.0 Å². The SMILES string of the molecule is CC(CCl)CS(=O)(=O)NCCCN(C)C(C)C. The van der Waals surface area contributed by atoms with Crippen LogP contribution in [-0.2, 0) is 10.0 Å². The van der Waals surface area contributed by atoms with Crippen molar-refractivity contribution >= 4 is 21.6 Å². The third-order valence-corrected chi connectivity index (χ3v) is 4.84. The van der Waals surface area contributed by atoms with Crippen LogP contribution in [-0.4, -0.2) is 51.1 Å². The second kappa shape index (κ2) is 8.29. The monoisotopic (exact) mass is 284 g/mol. The number of sulfonamides is 1. The van der Waals surface area contributed by atoms with E-state index in [1.807, 2.05) is 14.0 Å². The summed E-state index contributed by atoms with van der Waals surface area (Å²) < 4.78 is 25.8. The fourth-order valence-corrected chi connectivity index (χ4v) is 2.97. The molecule has 0 fully saturated rings. The van der Waals surface area contributed by atoms with E-state index < -0.39 is 10.0 Å². The first-order valence-electron chi connectivity index (χ1n) is 6.02. The Hall–Kier alpha value is 0.160. The first-order chi connectivity index (χ1) is 7.78. The maximum Gasteiger partial charge on any atom is 0.211 e. The number of nitrogens with one attached hydrogen (secondary N) is 1. The van der Waals surface area contributed by atoms with Crippen molar-refractivity contribution in [2.45, 2.75) is 33.2 Å². The number of rotatable bonds is 9. The van der Waals surface area contributed by atoms with E-state index in [0.717, 1.165) is 13.0 Å². The Labute approximate surface area is 111 Å². The lowest BCUT2D eigenvalue weighted by Gasteiger charge is -2.20. The summed E-state index contributed by atoms with van der Waals surface area (Å²) in [6, 6.07) is 0.489. The molecule has 0 radical (unpaired) electrons. The van der Waals surface area contributed by atoms with Gasteiger partial charge in [0.05, 0.1) is 5.75 Å². The van der Waals surface area contributed by atoms with Crippen LogP contribution < -0.4 is 4.72 Å². The minimum atomic E-state index is -3.16. The zero-order valence-corrected chi connectivity index (χ0v) is 12.8. The Morgan fingerprint density at radius 1 is 1.29 bits per heavy atom.